The molecule has 1 aliphatic heterocycles. The van der Waals surface area contributed by atoms with Crippen molar-refractivity contribution in [2.24, 2.45) is 0 Å². The third kappa shape index (κ3) is 3.77. The number of halogens is 1. The van der Waals surface area contributed by atoms with Gasteiger partial charge in [0.1, 0.15) is 5.75 Å². The highest BCUT2D eigenvalue weighted by Gasteiger charge is 2.18. The summed E-state index contributed by atoms with van der Waals surface area (Å²) in [6, 6.07) is 6.42. The van der Waals surface area contributed by atoms with Gasteiger partial charge in [0.25, 0.3) is 0 Å². The van der Waals surface area contributed by atoms with E-state index < -0.39 is 0 Å². The number of hydrogen-bond donors (Lipinski definition) is 2. The first-order valence-electron chi connectivity index (χ1n) is 7.07. The predicted octanol–water partition coefficient (Wildman–Crippen LogP) is 3.47. The SMILES string of the molecule is CCN(CC)c1ccc([C@@H]2CCCCN2)c(O)c1.Cl. The number of nitrogens with zero attached hydrogens (tertiary/aromatic N) is 1. The lowest BCUT2D eigenvalue weighted by atomic mass is 9.96. The fraction of sp³-hybridized carbons (Fsp3) is 0.600. The number of aromatic hydroxyl groups is 1. The van der Waals surface area contributed by atoms with E-state index in [9.17, 15) is 5.11 Å². The molecule has 1 heterocycles. The molecule has 0 aliphatic carbocycles. The van der Waals surface area contributed by atoms with E-state index in [1.165, 1.54) is 12.8 Å². The minimum absolute atomic E-state index is 0. The molecule has 1 aromatic carbocycles. The summed E-state index contributed by atoms with van der Waals surface area (Å²) in [5.74, 6) is 0.429. The van der Waals surface area contributed by atoms with Gasteiger partial charge in [-0.3, -0.25) is 0 Å². The van der Waals surface area contributed by atoms with Crippen molar-refractivity contribution in [3.8, 4) is 5.75 Å². The van der Waals surface area contributed by atoms with Gasteiger partial charge in [-0.2, -0.15) is 0 Å². The van der Waals surface area contributed by atoms with E-state index in [0.717, 1.165) is 37.3 Å². The Hall–Kier alpha value is -0.930. The third-order valence-electron chi connectivity index (χ3n) is 3.83. The van der Waals surface area contributed by atoms with Crippen LogP contribution in [0.2, 0.25) is 0 Å². The topological polar surface area (TPSA) is 35.5 Å². The van der Waals surface area contributed by atoms with Crippen LogP contribution in [0.1, 0.15) is 44.7 Å². The molecule has 0 aromatic heterocycles. The fourth-order valence-corrected chi connectivity index (χ4v) is 2.73. The van der Waals surface area contributed by atoms with Gasteiger partial charge < -0.3 is 15.3 Å². The van der Waals surface area contributed by atoms with Crippen LogP contribution in [0.5, 0.6) is 5.75 Å². The maximum absolute atomic E-state index is 10.2. The second kappa shape index (κ2) is 7.61. The van der Waals surface area contributed by atoms with Crippen LogP contribution in [-0.4, -0.2) is 24.7 Å². The Morgan fingerprint density at radius 2 is 2.00 bits per heavy atom. The lowest BCUT2D eigenvalue weighted by Crippen LogP contribution is -2.27. The fourth-order valence-electron chi connectivity index (χ4n) is 2.73. The van der Waals surface area contributed by atoms with Crippen LogP contribution in [0.4, 0.5) is 5.69 Å². The Morgan fingerprint density at radius 1 is 1.26 bits per heavy atom. The summed E-state index contributed by atoms with van der Waals surface area (Å²) in [6.07, 6.45) is 3.61. The first-order valence-corrected chi connectivity index (χ1v) is 7.07. The van der Waals surface area contributed by atoms with Crippen molar-refractivity contribution in [2.45, 2.75) is 39.2 Å². The molecule has 0 saturated carbocycles. The Kier molecular flexibility index (Phi) is 6.46. The zero-order valence-corrected chi connectivity index (χ0v) is 12.7. The Bertz CT molecular complexity index is 388. The van der Waals surface area contributed by atoms with Crippen molar-refractivity contribution >= 4 is 18.1 Å². The van der Waals surface area contributed by atoms with Crippen molar-refractivity contribution in [1.82, 2.24) is 5.32 Å². The quantitative estimate of drug-likeness (QED) is 0.889. The van der Waals surface area contributed by atoms with Gasteiger partial charge in [-0.15, -0.1) is 12.4 Å². The molecule has 1 fully saturated rings. The number of hydrogen-bond acceptors (Lipinski definition) is 3. The standard InChI is InChI=1S/C15H24N2O.ClH/c1-3-17(4-2)12-8-9-13(15(18)11-12)14-7-5-6-10-16-14;/h8-9,11,14,16,18H,3-7,10H2,1-2H3;1H/t14-;/m0./s1. The molecule has 3 nitrogen and oxygen atoms in total. The van der Waals surface area contributed by atoms with Gasteiger partial charge in [-0.25, -0.2) is 0 Å². The predicted molar refractivity (Wildman–Crippen MR) is 83.5 cm³/mol. The van der Waals surface area contributed by atoms with Crippen molar-refractivity contribution in [3.63, 3.8) is 0 Å². The second-order valence-corrected chi connectivity index (χ2v) is 4.92. The third-order valence-corrected chi connectivity index (χ3v) is 3.83. The van der Waals surface area contributed by atoms with Crippen molar-refractivity contribution < 1.29 is 5.11 Å². The van der Waals surface area contributed by atoms with E-state index in [-0.39, 0.29) is 12.4 Å². The molecule has 1 aromatic rings. The van der Waals surface area contributed by atoms with Gasteiger partial charge in [-0.1, -0.05) is 12.5 Å². The molecule has 19 heavy (non-hydrogen) atoms. The summed E-state index contributed by atoms with van der Waals surface area (Å²) in [7, 11) is 0. The van der Waals surface area contributed by atoms with Gasteiger partial charge in [0.05, 0.1) is 0 Å². The Labute approximate surface area is 122 Å². The monoisotopic (exact) mass is 284 g/mol. The summed E-state index contributed by atoms with van der Waals surface area (Å²) in [4.78, 5) is 2.25. The van der Waals surface area contributed by atoms with E-state index in [2.05, 4.69) is 36.2 Å². The van der Waals surface area contributed by atoms with Crippen molar-refractivity contribution in [1.29, 1.82) is 0 Å². The number of phenols is 1. The average Bonchev–Trinajstić information content (AvgIpc) is 2.41. The molecule has 0 radical (unpaired) electrons. The lowest BCUT2D eigenvalue weighted by molar-refractivity contribution is 0.391. The van der Waals surface area contributed by atoms with Gasteiger partial charge in [-0.05, 0) is 39.3 Å². The number of rotatable bonds is 4. The van der Waals surface area contributed by atoms with Gasteiger partial charge in [0.15, 0.2) is 0 Å². The first-order chi connectivity index (χ1) is 8.76. The van der Waals surface area contributed by atoms with Crippen molar-refractivity contribution in [2.75, 3.05) is 24.5 Å². The molecule has 4 heteroatoms. The normalized spacial score (nSPS) is 18.7. The number of benzene rings is 1. The number of anilines is 1. The van der Waals surface area contributed by atoms with E-state index in [4.69, 9.17) is 0 Å². The zero-order valence-electron chi connectivity index (χ0n) is 11.9. The molecule has 1 aliphatic rings. The minimum Gasteiger partial charge on any atom is -0.508 e. The van der Waals surface area contributed by atoms with E-state index in [1.54, 1.807) is 0 Å². The van der Waals surface area contributed by atoms with Crippen LogP contribution in [0.3, 0.4) is 0 Å². The maximum atomic E-state index is 10.2. The highest BCUT2D eigenvalue weighted by atomic mass is 35.5. The molecule has 0 unspecified atom stereocenters. The highest BCUT2D eigenvalue weighted by molar-refractivity contribution is 5.85. The Morgan fingerprint density at radius 3 is 2.53 bits per heavy atom. The first kappa shape index (κ1) is 16.1. The zero-order chi connectivity index (χ0) is 13.0. The second-order valence-electron chi connectivity index (χ2n) is 4.92. The van der Waals surface area contributed by atoms with E-state index >= 15 is 0 Å². The largest absolute Gasteiger partial charge is 0.508 e. The summed E-state index contributed by atoms with van der Waals surface area (Å²) in [5.41, 5.74) is 2.16. The molecule has 1 atom stereocenters. The summed E-state index contributed by atoms with van der Waals surface area (Å²) in [5, 5.41) is 13.7. The minimum atomic E-state index is 0. The molecule has 108 valence electrons. The molecule has 1 saturated heterocycles. The van der Waals surface area contributed by atoms with Crippen LogP contribution in [0.15, 0.2) is 18.2 Å². The van der Waals surface area contributed by atoms with E-state index in [1.807, 2.05) is 6.07 Å². The Balaban J connectivity index is 0.00000180. The van der Waals surface area contributed by atoms with Crippen molar-refractivity contribution in [3.05, 3.63) is 23.8 Å². The number of phenolic OH excluding ortho intramolecular Hbond substituents is 1. The van der Waals surface area contributed by atoms with Crippen LogP contribution in [-0.2, 0) is 0 Å². The molecule has 0 bridgehead atoms. The van der Waals surface area contributed by atoms with Gasteiger partial charge in [0.2, 0.25) is 0 Å². The molecular weight excluding hydrogens is 260 g/mol. The molecule has 2 N–H and O–H groups in total. The summed E-state index contributed by atoms with van der Waals surface area (Å²) >= 11 is 0. The molecule has 0 amide bonds. The van der Waals surface area contributed by atoms with Crippen LogP contribution >= 0.6 is 12.4 Å². The summed E-state index contributed by atoms with van der Waals surface area (Å²) in [6.45, 7) is 7.27. The van der Waals surface area contributed by atoms with Crippen LogP contribution in [0, 0.1) is 0 Å². The average molecular weight is 285 g/mol. The van der Waals surface area contributed by atoms with Crippen LogP contribution in [0.25, 0.3) is 0 Å². The smallest absolute Gasteiger partial charge is 0.122 e. The molecule has 0 spiro atoms. The van der Waals surface area contributed by atoms with E-state index in [0.29, 0.717) is 11.8 Å². The summed E-state index contributed by atoms with van der Waals surface area (Å²) < 4.78 is 0. The lowest BCUT2D eigenvalue weighted by Gasteiger charge is -2.26. The van der Waals surface area contributed by atoms with Crippen LogP contribution < -0.4 is 10.2 Å². The van der Waals surface area contributed by atoms with Gasteiger partial charge >= 0.3 is 0 Å². The molecule has 2 rings (SSSR count). The van der Waals surface area contributed by atoms with Gasteiger partial charge in [0, 0.05) is 36.4 Å². The maximum Gasteiger partial charge on any atom is 0.122 e. The highest BCUT2D eigenvalue weighted by Crippen LogP contribution is 2.32. The number of nitrogens with one attached hydrogen (secondary N) is 1. The number of piperidine rings is 1. The molecular formula is C15H25ClN2O.